The van der Waals surface area contributed by atoms with Crippen LogP contribution in [0.15, 0.2) is 46.8 Å². The Kier molecular flexibility index (Phi) is 6.28. The van der Waals surface area contributed by atoms with Gasteiger partial charge in [-0.2, -0.15) is 0 Å². The number of aromatic amines is 1. The van der Waals surface area contributed by atoms with E-state index in [1.54, 1.807) is 45.2 Å². The Hall–Kier alpha value is -3.24. The highest BCUT2D eigenvalue weighted by Crippen LogP contribution is 2.41. The molecule has 0 radical (unpaired) electrons. The molecule has 10 heteroatoms. The third-order valence-electron chi connectivity index (χ3n) is 4.52. The van der Waals surface area contributed by atoms with E-state index in [0.717, 1.165) is 10.1 Å². The number of H-pyrrole nitrogens is 1. The number of rotatable bonds is 8. The fourth-order valence-electron chi connectivity index (χ4n) is 3.06. The number of anilines is 1. The number of fused-ring (bicyclic) bond motifs is 1. The molecule has 0 spiro atoms. The average molecular weight is 457 g/mol. The molecule has 160 valence electrons. The summed E-state index contributed by atoms with van der Waals surface area (Å²) < 4.78 is 17.0. The lowest BCUT2D eigenvalue weighted by Crippen LogP contribution is -2.11. The summed E-state index contributed by atoms with van der Waals surface area (Å²) in [5.41, 5.74) is 2.15. The molecule has 8 nitrogen and oxygen atoms in total. The number of nitrogens with one attached hydrogen (secondary N) is 2. The van der Waals surface area contributed by atoms with Crippen LogP contribution in [0.4, 0.5) is 5.13 Å². The first-order valence-electron chi connectivity index (χ1n) is 9.26. The predicted molar refractivity (Wildman–Crippen MR) is 122 cm³/mol. The maximum absolute atomic E-state index is 12.8. The van der Waals surface area contributed by atoms with Crippen molar-refractivity contribution in [3.63, 3.8) is 0 Å². The highest BCUT2D eigenvalue weighted by molar-refractivity contribution is 8.00. The molecular formula is C21H20N4O4S2. The van der Waals surface area contributed by atoms with Crippen LogP contribution < -0.4 is 19.5 Å². The smallest absolute Gasteiger partial charge is 0.273 e. The molecule has 0 saturated heterocycles. The van der Waals surface area contributed by atoms with Crippen LogP contribution >= 0.6 is 23.1 Å². The van der Waals surface area contributed by atoms with Crippen molar-refractivity contribution in [3.8, 4) is 17.2 Å². The first-order chi connectivity index (χ1) is 15.1. The van der Waals surface area contributed by atoms with Gasteiger partial charge in [0, 0.05) is 17.2 Å². The van der Waals surface area contributed by atoms with Crippen molar-refractivity contribution >= 4 is 45.0 Å². The second-order valence-electron chi connectivity index (χ2n) is 6.39. The molecule has 2 heterocycles. The molecule has 0 aliphatic rings. The van der Waals surface area contributed by atoms with E-state index in [-0.39, 0.29) is 5.91 Å². The number of hydrogen-bond donors (Lipinski definition) is 2. The quantitative estimate of drug-likeness (QED) is 0.296. The Morgan fingerprint density at radius 1 is 1.06 bits per heavy atom. The Morgan fingerprint density at radius 2 is 1.84 bits per heavy atom. The minimum atomic E-state index is -0.338. The zero-order valence-electron chi connectivity index (χ0n) is 17.1. The first kappa shape index (κ1) is 21.0. The van der Waals surface area contributed by atoms with Gasteiger partial charge in [0.15, 0.2) is 15.8 Å². The SMILES string of the molecule is COc1cc(OC)c2cc(C(=O)Nc3nnc(SCc4ccccc4)s3)[nH]c2c1OC. The van der Waals surface area contributed by atoms with Gasteiger partial charge in [-0.3, -0.25) is 10.1 Å². The summed E-state index contributed by atoms with van der Waals surface area (Å²) in [5.74, 6) is 2.01. The van der Waals surface area contributed by atoms with Crippen LogP contribution in [0.25, 0.3) is 10.9 Å². The monoisotopic (exact) mass is 456 g/mol. The summed E-state index contributed by atoms with van der Waals surface area (Å²) in [4.78, 5) is 15.9. The maximum Gasteiger partial charge on any atom is 0.273 e. The van der Waals surface area contributed by atoms with Crippen molar-refractivity contribution in [2.45, 2.75) is 10.1 Å². The highest BCUT2D eigenvalue weighted by Gasteiger charge is 2.20. The van der Waals surface area contributed by atoms with Gasteiger partial charge >= 0.3 is 0 Å². The number of amides is 1. The molecule has 0 saturated carbocycles. The van der Waals surface area contributed by atoms with E-state index < -0.39 is 0 Å². The number of carbonyl (C=O) groups excluding carboxylic acids is 1. The molecule has 0 bridgehead atoms. The Labute approximate surface area is 186 Å². The number of ether oxygens (including phenoxy) is 3. The van der Waals surface area contributed by atoms with Gasteiger partial charge in [0.05, 0.1) is 26.8 Å². The van der Waals surface area contributed by atoms with E-state index in [4.69, 9.17) is 14.2 Å². The van der Waals surface area contributed by atoms with Crippen molar-refractivity contribution in [2.75, 3.05) is 26.6 Å². The van der Waals surface area contributed by atoms with Crippen LogP contribution in [-0.4, -0.2) is 42.4 Å². The summed E-state index contributed by atoms with van der Waals surface area (Å²) in [7, 11) is 4.64. The van der Waals surface area contributed by atoms with E-state index in [0.29, 0.717) is 39.0 Å². The van der Waals surface area contributed by atoms with Gasteiger partial charge in [-0.1, -0.05) is 53.4 Å². The molecule has 1 amide bonds. The number of benzene rings is 2. The van der Waals surface area contributed by atoms with E-state index in [1.807, 2.05) is 18.2 Å². The molecule has 2 aromatic heterocycles. The normalized spacial score (nSPS) is 10.8. The van der Waals surface area contributed by atoms with Crippen molar-refractivity contribution in [2.24, 2.45) is 0 Å². The third-order valence-corrected chi connectivity index (χ3v) is 6.56. The summed E-state index contributed by atoms with van der Waals surface area (Å²) >= 11 is 2.90. The minimum absolute atomic E-state index is 0.338. The fourth-order valence-corrected chi connectivity index (χ4v) is 4.76. The van der Waals surface area contributed by atoms with E-state index in [9.17, 15) is 4.79 Å². The van der Waals surface area contributed by atoms with E-state index >= 15 is 0 Å². The van der Waals surface area contributed by atoms with Gasteiger partial charge in [-0.15, -0.1) is 10.2 Å². The van der Waals surface area contributed by atoms with Crippen LogP contribution in [0.5, 0.6) is 17.2 Å². The highest BCUT2D eigenvalue weighted by atomic mass is 32.2. The molecule has 2 aromatic carbocycles. The largest absolute Gasteiger partial charge is 0.496 e. The van der Waals surface area contributed by atoms with Crippen molar-refractivity contribution < 1.29 is 19.0 Å². The van der Waals surface area contributed by atoms with E-state index in [1.165, 1.54) is 16.9 Å². The molecule has 31 heavy (non-hydrogen) atoms. The molecule has 4 rings (SSSR count). The van der Waals surface area contributed by atoms with Gasteiger partial charge in [0.2, 0.25) is 5.13 Å². The van der Waals surface area contributed by atoms with Crippen molar-refractivity contribution in [3.05, 3.63) is 53.7 Å². The number of methoxy groups -OCH3 is 3. The van der Waals surface area contributed by atoms with Crippen LogP contribution in [0.1, 0.15) is 16.1 Å². The van der Waals surface area contributed by atoms with Gasteiger partial charge in [0.1, 0.15) is 11.4 Å². The number of hydrogen-bond acceptors (Lipinski definition) is 8. The average Bonchev–Trinajstić information content (AvgIpc) is 3.44. The maximum atomic E-state index is 12.8. The van der Waals surface area contributed by atoms with Crippen molar-refractivity contribution in [1.29, 1.82) is 0 Å². The Morgan fingerprint density at radius 3 is 2.55 bits per heavy atom. The van der Waals surface area contributed by atoms with Gasteiger partial charge in [-0.05, 0) is 11.6 Å². The van der Waals surface area contributed by atoms with Crippen LogP contribution in [-0.2, 0) is 5.75 Å². The number of aromatic nitrogens is 3. The molecule has 0 aliphatic heterocycles. The number of carbonyl (C=O) groups is 1. The fraction of sp³-hybridized carbons (Fsp3) is 0.190. The van der Waals surface area contributed by atoms with Crippen molar-refractivity contribution in [1.82, 2.24) is 15.2 Å². The second kappa shape index (κ2) is 9.27. The molecule has 4 aromatic rings. The number of nitrogens with zero attached hydrogens (tertiary/aromatic N) is 2. The molecule has 0 unspecified atom stereocenters. The number of thioether (sulfide) groups is 1. The van der Waals surface area contributed by atoms with Crippen LogP contribution in [0, 0.1) is 0 Å². The zero-order valence-corrected chi connectivity index (χ0v) is 18.7. The molecule has 0 fully saturated rings. The second-order valence-corrected chi connectivity index (χ2v) is 8.59. The Bertz CT molecular complexity index is 1210. The Balaban J connectivity index is 1.52. The summed E-state index contributed by atoms with van der Waals surface area (Å²) in [5, 5.41) is 12.1. The molecule has 0 atom stereocenters. The third kappa shape index (κ3) is 4.44. The minimum Gasteiger partial charge on any atom is -0.496 e. The van der Waals surface area contributed by atoms with Gasteiger partial charge in [-0.25, -0.2) is 0 Å². The van der Waals surface area contributed by atoms with Gasteiger partial charge in [0.25, 0.3) is 5.91 Å². The summed E-state index contributed by atoms with van der Waals surface area (Å²) in [6.45, 7) is 0. The topological polar surface area (TPSA) is 98.4 Å². The predicted octanol–water partition coefficient (Wildman–Crippen LogP) is 4.59. The van der Waals surface area contributed by atoms with Gasteiger partial charge < -0.3 is 19.2 Å². The standard InChI is InChI=1S/C21H20N4O4S2/c1-27-15-10-16(28-2)18(29-3)17-13(15)9-14(22-17)19(26)23-20-24-25-21(31-20)30-11-12-7-5-4-6-8-12/h4-10,22H,11H2,1-3H3,(H,23,24,26). The van der Waals surface area contributed by atoms with Crippen LogP contribution in [0.3, 0.4) is 0 Å². The molecule has 0 aliphatic carbocycles. The summed E-state index contributed by atoms with van der Waals surface area (Å²) in [6.07, 6.45) is 0. The van der Waals surface area contributed by atoms with Crippen LogP contribution in [0.2, 0.25) is 0 Å². The lowest BCUT2D eigenvalue weighted by Gasteiger charge is -2.11. The molecular weight excluding hydrogens is 436 g/mol. The van der Waals surface area contributed by atoms with E-state index in [2.05, 4.69) is 32.6 Å². The molecule has 2 N–H and O–H groups in total. The lowest BCUT2D eigenvalue weighted by molar-refractivity contribution is 0.102. The first-order valence-corrected chi connectivity index (χ1v) is 11.1. The lowest BCUT2D eigenvalue weighted by atomic mass is 10.2. The zero-order chi connectivity index (χ0) is 21.8. The summed E-state index contributed by atoms with van der Waals surface area (Å²) in [6, 6.07) is 13.5.